The number of nitrogens with one attached hydrogen (secondary N) is 2. The van der Waals surface area contributed by atoms with E-state index in [2.05, 4.69) is 25.3 Å². The lowest BCUT2D eigenvalue weighted by Gasteiger charge is -2.36. The molecule has 0 saturated carbocycles. The molecular formula is C34H42Cl2F2N8O5. The minimum Gasteiger partial charge on any atom is -0.444 e. The van der Waals surface area contributed by atoms with Crippen molar-refractivity contribution < 1.29 is 27.8 Å². The van der Waals surface area contributed by atoms with Gasteiger partial charge in [-0.1, -0.05) is 23.2 Å². The fourth-order valence-electron chi connectivity index (χ4n) is 5.04. The number of nitrogens with zero attached hydrogens (tertiary/aromatic N) is 6. The topological polar surface area (TPSA) is 146 Å². The number of hydrogen-bond donors (Lipinski definition) is 2. The number of aromatic amines is 1. The molecule has 51 heavy (non-hydrogen) atoms. The van der Waals surface area contributed by atoms with Crippen LogP contribution in [-0.4, -0.2) is 105 Å². The van der Waals surface area contributed by atoms with Gasteiger partial charge < -0.3 is 34.5 Å². The van der Waals surface area contributed by atoms with E-state index in [1.807, 2.05) is 46.4 Å². The highest BCUT2D eigenvalue weighted by molar-refractivity contribution is 6.31. The van der Waals surface area contributed by atoms with Gasteiger partial charge in [0.05, 0.1) is 11.7 Å². The molecular weight excluding hydrogens is 709 g/mol. The first-order valence-corrected chi connectivity index (χ1v) is 17.0. The molecule has 0 spiro atoms. The molecule has 0 bridgehead atoms. The third-order valence-corrected chi connectivity index (χ3v) is 7.73. The van der Waals surface area contributed by atoms with Gasteiger partial charge in [0.25, 0.3) is 5.56 Å². The van der Waals surface area contributed by atoms with Crippen molar-refractivity contribution in [2.75, 3.05) is 57.3 Å². The van der Waals surface area contributed by atoms with Gasteiger partial charge in [-0.05, 0) is 65.8 Å². The molecule has 2 saturated heterocycles. The van der Waals surface area contributed by atoms with Crippen LogP contribution in [0.1, 0.15) is 41.5 Å². The second-order valence-electron chi connectivity index (χ2n) is 13.7. The number of aromatic nitrogens is 4. The normalized spacial score (nSPS) is 15.1. The lowest BCUT2D eigenvalue weighted by Crippen LogP contribution is -2.50. The molecule has 13 nitrogen and oxygen atoms in total. The zero-order valence-electron chi connectivity index (χ0n) is 29.4. The van der Waals surface area contributed by atoms with Gasteiger partial charge in [-0.2, -0.15) is 0 Å². The highest BCUT2D eigenvalue weighted by atomic mass is 35.5. The van der Waals surface area contributed by atoms with Crippen LogP contribution in [-0.2, 0) is 9.47 Å². The zero-order valence-corrected chi connectivity index (χ0v) is 30.9. The molecule has 4 aromatic rings. The molecule has 2 aliphatic rings. The van der Waals surface area contributed by atoms with Gasteiger partial charge >= 0.3 is 12.2 Å². The van der Waals surface area contributed by atoms with E-state index < -0.39 is 22.8 Å². The van der Waals surface area contributed by atoms with Crippen LogP contribution in [0.5, 0.6) is 0 Å². The van der Waals surface area contributed by atoms with E-state index in [0.29, 0.717) is 42.4 Å². The number of benzene rings is 2. The van der Waals surface area contributed by atoms with Crippen molar-refractivity contribution in [2.24, 2.45) is 0 Å². The molecule has 0 radical (unpaired) electrons. The summed E-state index contributed by atoms with van der Waals surface area (Å²) in [7, 11) is 0. The summed E-state index contributed by atoms with van der Waals surface area (Å²) in [4.78, 5) is 54.5. The quantitative estimate of drug-likeness (QED) is 0.237. The van der Waals surface area contributed by atoms with Crippen LogP contribution in [0.4, 0.5) is 24.2 Å². The van der Waals surface area contributed by atoms with Gasteiger partial charge in [0, 0.05) is 67.8 Å². The largest absolute Gasteiger partial charge is 0.444 e. The maximum atomic E-state index is 14.1. The van der Waals surface area contributed by atoms with E-state index >= 15 is 0 Å². The Balaban J connectivity index is 0.000000189. The summed E-state index contributed by atoms with van der Waals surface area (Å²) in [5, 5.41) is 4.39. The summed E-state index contributed by atoms with van der Waals surface area (Å²) in [6.07, 6.45) is 1.97. The number of rotatable bonds is 1. The number of carbonyl (C=O) groups is 2. The average molecular weight is 752 g/mol. The summed E-state index contributed by atoms with van der Waals surface area (Å²) in [6, 6.07) is 5.40. The summed E-state index contributed by atoms with van der Waals surface area (Å²) in [6.45, 7) is 16.5. The molecule has 0 unspecified atom stereocenters. The summed E-state index contributed by atoms with van der Waals surface area (Å²) >= 11 is 11.6. The fraction of sp³-hybridized carbons (Fsp3) is 0.471. The first kappa shape index (κ1) is 39.4. The van der Waals surface area contributed by atoms with Gasteiger partial charge in [0.2, 0.25) is 0 Å². The fourth-order valence-corrected chi connectivity index (χ4v) is 5.44. The number of ether oxygens (including phenoxy) is 2. The maximum absolute atomic E-state index is 14.1. The van der Waals surface area contributed by atoms with Crippen molar-refractivity contribution in [3.05, 3.63) is 69.0 Å². The van der Waals surface area contributed by atoms with Crippen LogP contribution in [0.3, 0.4) is 0 Å². The van der Waals surface area contributed by atoms with Crippen LogP contribution in [0.2, 0.25) is 10.0 Å². The number of carbonyl (C=O) groups excluding carboxylic acids is 2. The second kappa shape index (κ2) is 16.8. The molecule has 4 heterocycles. The number of halogens is 4. The Hall–Kier alpha value is -4.34. The maximum Gasteiger partial charge on any atom is 0.410 e. The van der Waals surface area contributed by atoms with E-state index in [9.17, 15) is 23.2 Å². The summed E-state index contributed by atoms with van der Waals surface area (Å²) in [5.41, 5.74) is -1.03. The molecule has 2 aliphatic heterocycles. The van der Waals surface area contributed by atoms with Gasteiger partial charge in [0.15, 0.2) is 11.6 Å². The Bertz CT molecular complexity index is 1900. The smallest absolute Gasteiger partial charge is 0.410 e. The summed E-state index contributed by atoms with van der Waals surface area (Å²) in [5.74, 6) is -0.442. The third-order valence-electron chi connectivity index (χ3n) is 7.30. The van der Waals surface area contributed by atoms with Crippen LogP contribution < -0.4 is 15.8 Å². The number of anilines is 1. The SMILES string of the molecule is CC(C)(C)OC(=O)N1CCN(c2ncnc3c(F)cc(Cl)cc23)CC1.CC(C)(C)OC(=O)N1CCNCC1.O=c1[nH]cnc2c(F)cc(Cl)cc12. The van der Waals surface area contributed by atoms with Crippen molar-refractivity contribution in [3.8, 4) is 0 Å². The van der Waals surface area contributed by atoms with E-state index in [-0.39, 0.29) is 39.2 Å². The number of fused-ring (bicyclic) bond motifs is 2. The lowest BCUT2D eigenvalue weighted by atomic mass is 10.2. The Morgan fingerprint density at radius 2 is 1.22 bits per heavy atom. The number of hydrogen-bond acceptors (Lipinski definition) is 10. The number of amides is 2. The summed E-state index contributed by atoms with van der Waals surface area (Å²) < 4.78 is 37.8. The predicted molar refractivity (Wildman–Crippen MR) is 193 cm³/mol. The molecule has 0 aliphatic carbocycles. The highest BCUT2D eigenvalue weighted by Crippen LogP contribution is 2.29. The van der Waals surface area contributed by atoms with Gasteiger partial charge in [0.1, 0.15) is 34.4 Å². The minimum absolute atomic E-state index is 0.0353. The zero-order chi connectivity index (χ0) is 37.5. The van der Waals surface area contributed by atoms with Gasteiger partial charge in [-0.3, -0.25) is 4.79 Å². The predicted octanol–water partition coefficient (Wildman–Crippen LogP) is 6.02. The third kappa shape index (κ3) is 11.3. The monoisotopic (exact) mass is 750 g/mol. The van der Waals surface area contributed by atoms with Crippen LogP contribution in [0.15, 0.2) is 41.7 Å². The molecule has 6 rings (SSSR count). The van der Waals surface area contributed by atoms with Crippen LogP contribution >= 0.6 is 23.2 Å². The molecule has 2 aromatic heterocycles. The van der Waals surface area contributed by atoms with Crippen molar-refractivity contribution in [1.29, 1.82) is 0 Å². The van der Waals surface area contributed by atoms with Crippen molar-refractivity contribution >= 4 is 63.0 Å². The average Bonchev–Trinajstić information content (AvgIpc) is 3.05. The molecule has 2 fully saturated rings. The van der Waals surface area contributed by atoms with E-state index in [4.69, 9.17) is 32.7 Å². The van der Waals surface area contributed by atoms with Gasteiger partial charge in [-0.15, -0.1) is 0 Å². The minimum atomic E-state index is -0.589. The molecule has 276 valence electrons. The molecule has 17 heteroatoms. The van der Waals surface area contributed by atoms with E-state index in [0.717, 1.165) is 38.6 Å². The molecule has 2 N–H and O–H groups in total. The number of piperazine rings is 2. The molecule has 2 aromatic carbocycles. The lowest BCUT2D eigenvalue weighted by molar-refractivity contribution is 0.0223. The second-order valence-corrected chi connectivity index (χ2v) is 14.5. The number of H-pyrrole nitrogens is 1. The first-order valence-electron chi connectivity index (χ1n) is 16.3. The Labute approximate surface area is 304 Å². The Kier molecular flexibility index (Phi) is 13.0. The highest BCUT2D eigenvalue weighted by Gasteiger charge is 2.27. The van der Waals surface area contributed by atoms with Crippen LogP contribution in [0, 0.1) is 11.6 Å². The molecule has 0 atom stereocenters. The van der Waals surface area contributed by atoms with E-state index in [1.54, 1.807) is 15.9 Å². The molecule has 2 amide bonds. The van der Waals surface area contributed by atoms with Crippen molar-refractivity contribution in [2.45, 2.75) is 52.7 Å². The Morgan fingerprint density at radius 3 is 1.75 bits per heavy atom. The van der Waals surface area contributed by atoms with E-state index in [1.165, 1.54) is 18.5 Å². The Morgan fingerprint density at radius 1 is 0.725 bits per heavy atom. The first-order chi connectivity index (χ1) is 23.9. The van der Waals surface area contributed by atoms with Crippen LogP contribution in [0.25, 0.3) is 21.8 Å². The van der Waals surface area contributed by atoms with Crippen molar-refractivity contribution in [3.63, 3.8) is 0 Å². The van der Waals surface area contributed by atoms with Gasteiger partial charge in [-0.25, -0.2) is 33.3 Å². The standard InChI is InChI=1S/C17H20ClFN4O2.C9H18N2O2.C8H4ClFN2O/c1-17(2,3)25-16(24)23-6-4-22(5-7-23)15-12-8-11(18)9-13(19)14(12)20-10-21-15;1-9(2,3)13-8(12)11-6-4-10-5-7-11;9-4-1-5-7(6(10)2-4)11-3-12-8(5)13/h8-10H,4-7H2,1-3H3;10H,4-7H2,1-3H3;1-3H,(H,11,12,13). The van der Waals surface area contributed by atoms with Crippen molar-refractivity contribution in [1.82, 2.24) is 35.1 Å².